The molecule has 0 unspecified atom stereocenters. The van der Waals surface area contributed by atoms with Gasteiger partial charge in [0.1, 0.15) is 5.82 Å². The van der Waals surface area contributed by atoms with Crippen LogP contribution in [0.4, 0.5) is 17.2 Å². The summed E-state index contributed by atoms with van der Waals surface area (Å²) < 4.78 is 0. The molecule has 0 aliphatic heterocycles. The Hall–Kier alpha value is -3.25. The average molecular weight is 340 g/mol. The van der Waals surface area contributed by atoms with Crippen LogP contribution in [0.1, 0.15) is 30.0 Å². The van der Waals surface area contributed by atoms with Gasteiger partial charge in [0.2, 0.25) is 0 Å². The number of amides is 1. The van der Waals surface area contributed by atoms with Crippen LogP contribution in [0.2, 0.25) is 0 Å². The standard InChI is InChI=1S/C16H20N8O/c1-16(2,9-18)11-4-3-5-12(22-11)23-13-10(20-7-6-17)8-21-24-14(13)15(19)25/h3-5,8H,6-7,17H2,1-2H3,(H2,19,25)(H,20,24)(H,21,22,23). The summed E-state index contributed by atoms with van der Waals surface area (Å²) in [5, 5.41) is 22.9. The summed E-state index contributed by atoms with van der Waals surface area (Å²) in [5.74, 6) is -0.271. The lowest BCUT2D eigenvalue weighted by Gasteiger charge is -2.17. The van der Waals surface area contributed by atoms with Gasteiger partial charge >= 0.3 is 0 Å². The van der Waals surface area contributed by atoms with Gasteiger partial charge in [-0.3, -0.25) is 4.79 Å². The van der Waals surface area contributed by atoms with Crippen molar-refractivity contribution in [1.29, 1.82) is 5.26 Å². The van der Waals surface area contributed by atoms with Gasteiger partial charge in [-0.15, -0.1) is 5.10 Å². The predicted molar refractivity (Wildman–Crippen MR) is 94.3 cm³/mol. The zero-order valence-corrected chi connectivity index (χ0v) is 14.1. The van der Waals surface area contributed by atoms with Gasteiger partial charge in [-0.1, -0.05) is 6.07 Å². The number of nitrogens with zero attached hydrogens (tertiary/aromatic N) is 4. The molecule has 0 spiro atoms. The van der Waals surface area contributed by atoms with E-state index in [4.69, 9.17) is 11.5 Å². The largest absolute Gasteiger partial charge is 0.381 e. The number of rotatable bonds is 7. The number of nitrogens with one attached hydrogen (secondary N) is 2. The minimum atomic E-state index is -0.749. The molecule has 0 saturated heterocycles. The van der Waals surface area contributed by atoms with Crippen LogP contribution in [0.25, 0.3) is 0 Å². The number of hydrogen-bond donors (Lipinski definition) is 4. The second-order valence-corrected chi connectivity index (χ2v) is 5.83. The third kappa shape index (κ3) is 4.19. The van der Waals surface area contributed by atoms with E-state index < -0.39 is 11.3 Å². The highest BCUT2D eigenvalue weighted by molar-refractivity contribution is 6.00. The van der Waals surface area contributed by atoms with Crippen molar-refractivity contribution in [1.82, 2.24) is 15.2 Å². The van der Waals surface area contributed by atoms with Gasteiger partial charge in [0, 0.05) is 13.1 Å². The molecule has 1 amide bonds. The van der Waals surface area contributed by atoms with Gasteiger partial charge in [0.15, 0.2) is 5.69 Å². The molecular formula is C16H20N8O. The minimum Gasteiger partial charge on any atom is -0.381 e. The molecule has 0 radical (unpaired) electrons. The van der Waals surface area contributed by atoms with E-state index in [0.717, 1.165) is 0 Å². The molecule has 2 aromatic rings. The number of aromatic nitrogens is 3. The first-order chi connectivity index (χ1) is 11.9. The van der Waals surface area contributed by atoms with Crippen LogP contribution in [0.15, 0.2) is 24.4 Å². The van der Waals surface area contributed by atoms with Crippen molar-refractivity contribution in [2.45, 2.75) is 19.3 Å². The van der Waals surface area contributed by atoms with E-state index in [-0.39, 0.29) is 5.69 Å². The van der Waals surface area contributed by atoms with Gasteiger partial charge < -0.3 is 22.1 Å². The summed E-state index contributed by atoms with van der Waals surface area (Å²) in [6.07, 6.45) is 1.47. The van der Waals surface area contributed by atoms with E-state index in [1.807, 2.05) is 0 Å². The second-order valence-electron chi connectivity index (χ2n) is 5.83. The number of carbonyl (C=O) groups is 1. The number of nitrogens with two attached hydrogens (primary N) is 2. The lowest BCUT2D eigenvalue weighted by atomic mass is 9.91. The number of anilines is 3. The highest BCUT2D eigenvalue weighted by Crippen LogP contribution is 2.28. The molecule has 0 aliphatic carbocycles. The van der Waals surface area contributed by atoms with Gasteiger partial charge in [0.05, 0.1) is 34.7 Å². The summed E-state index contributed by atoms with van der Waals surface area (Å²) in [4.78, 5) is 16.1. The molecule has 9 nitrogen and oxygen atoms in total. The van der Waals surface area contributed by atoms with E-state index in [1.54, 1.807) is 32.0 Å². The monoisotopic (exact) mass is 340 g/mol. The second kappa shape index (κ2) is 7.55. The maximum absolute atomic E-state index is 11.7. The Bertz CT molecular complexity index is 812. The van der Waals surface area contributed by atoms with Crippen LogP contribution in [0, 0.1) is 11.3 Å². The minimum absolute atomic E-state index is 0.0197. The van der Waals surface area contributed by atoms with Gasteiger partial charge in [0.25, 0.3) is 5.91 Å². The van der Waals surface area contributed by atoms with Crippen LogP contribution in [0.3, 0.4) is 0 Å². The van der Waals surface area contributed by atoms with Crippen molar-refractivity contribution in [3.63, 3.8) is 0 Å². The lowest BCUT2D eigenvalue weighted by molar-refractivity contribution is 0.0995. The summed E-state index contributed by atoms with van der Waals surface area (Å²) in [7, 11) is 0. The molecule has 2 rings (SSSR count). The Morgan fingerprint density at radius 1 is 1.40 bits per heavy atom. The van der Waals surface area contributed by atoms with Crippen LogP contribution in [0.5, 0.6) is 0 Å². The maximum Gasteiger partial charge on any atom is 0.271 e. The Labute approximate surface area is 145 Å². The Balaban J connectivity index is 2.44. The normalized spacial score (nSPS) is 10.8. The molecule has 2 aromatic heterocycles. The number of pyridine rings is 1. The molecule has 6 N–H and O–H groups in total. The fraction of sp³-hybridized carbons (Fsp3) is 0.312. The van der Waals surface area contributed by atoms with E-state index in [9.17, 15) is 10.1 Å². The Morgan fingerprint density at radius 3 is 2.80 bits per heavy atom. The van der Waals surface area contributed by atoms with E-state index >= 15 is 0 Å². The zero-order chi connectivity index (χ0) is 18.4. The summed E-state index contributed by atoms with van der Waals surface area (Å²) in [5.41, 5.74) is 11.6. The third-order valence-electron chi connectivity index (χ3n) is 3.47. The molecular weight excluding hydrogens is 320 g/mol. The number of nitriles is 1. The van der Waals surface area contributed by atoms with E-state index in [2.05, 4.69) is 31.9 Å². The predicted octanol–water partition coefficient (Wildman–Crippen LogP) is 0.886. The Kier molecular flexibility index (Phi) is 5.46. The van der Waals surface area contributed by atoms with Crippen LogP contribution < -0.4 is 22.1 Å². The molecule has 0 saturated carbocycles. The molecule has 0 fully saturated rings. The van der Waals surface area contributed by atoms with Crippen molar-refractivity contribution in [2.24, 2.45) is 11.5 Å². The molecule has 0 aromatic carbocycles. The van der Waals surface area contributed by atoms with Crippen LogP contribution in [-0.4, -0.2) is 34.2 Å². The SMILES string of the molecule is CC(C)(C#N)c1cccc(Nc2c(NCCN)cnnc2C(N)=O)n1. The maximum atomic E-state index is 11.7. The number of primary amides is 1. The van der Waals surface area contributed by atoms with Gasteiger partial charge in [-0.25, -0.2) is 4.98 Å². The fourth-order valence-corrected chi connectivity index (χ4v) is 2.06. The Morgan fingerprint density at radius 2 is 2.16 bits per heavy atom. The molecule has 25 heavy (non-hydrogen) atoms. The lowest BCUT2D eigenvalue weighted by Crippen LogP contribution is -2.20. The highest BCUT2D eigenvalue weighted by Gasteiger charge is 2.22. The van der Waals surface area contributed by atoms with E-state index in [0.29, 0.717) is 36.0 Å². The van der Waals surface area contributed by atoms with Gasteiger partial charge in [-0.05, 0) is 26.0 Å². The van der Waals surface area contributed by atoms with Crippen molar-refractivity contribution >= 4 is 23.1 Å². The first-order valence-corrected chi connectivity index (χ1v) is 7.64. The van der Waals surface area contributed by atoms with Crippen molar-refractivity contribution in [3.8, 4) is 6.07 Å². The quantitative estimate of drug-likeness (QED) is 0.579. The van der Waals surface area contributed by atoms with Gasteiger partial charge in [-0.2, -0.15) is 10.4 Å². The van der Waals surface area contributed by atoms with Crippen molar-refractivity contribution in [2.75, 3.05) is 23.7 Å². The highest BCUT2D eigenvalue weighted by atomic mass is 16.1. The summed E-state index contributed by atoms with van der Waals surface area (Å²) in [6, 6.07) is 7.46. The number of carbonyl (C=O) groups excluding carboxylic acids is 1. The molecule has 130 valence electrons. The van der Waals surface area contributed by atoms with Crippen molar-refractivity contribution in [3.05, 3.63) is 35.8 Å². The average Bonchev–Trinajstić information content (AvgIpc) is 2.60. The van der Waals surface area contributed by atoms with Crippen LogP contribution in [-0.2, 0) is 5.41 Å². The first-order valence-electron chi connectivity index (χ1n) is 7.64. The topological polar surface area (TPSA) is 156 Å². The third-order valence-corrected chi connectivity index (χ3v) is 3.47. The number of hydrogen-bond acceptors (Lipinski definition) is 8. The summed E-state index contributed by atoms with van der Waals surface area (Å²) >= 11 is 0. The fourth-order valence-electron chi connectivity index (χ4n) is 2.06. The molecule has 9 heteroatoms. The molecule has 2 heterocycles. The zero-order valence-electron chi connectivity index (χ0n) is 14.1. The molecule has 0 atom stereocenters. The van der Waals surface area contributed by atoms with Crippen molar-refractivity contribution < 1.29 is 4.79 Å². The molecule has 0 bridgehead atoms. The smallest absolute Gasteiger partial charge is 0.271 e. The van der Waals surface area contributed by atoms with Crippen LogP contribution >= 0.6 is 0 Å². The molecule has 0 aliphatic rings. The first kappa shape index (κ1) is 18.1. The van der Waals surface area contributed by atoms with E-state index in [1.165, 1.54) is 6.20 Å². The summed E-state index contributed by atoms with van der Waals surface area (Å²) in [6.45, 7) is 4.43.